The van der Waals surface area contributed by atoms with Gasteiger partial charge < -0.3 is 14.0 Å². The first-order chi connectivity index (χ1) is 11.7. The summed E-state index contributed by atoms with van der Waals surface area (Å²) in [7, 11) is -0.499. The van der Waals surface area contributed by atoms with E-state index in [9.17, 15) is 4.39 Å². The second kappa shape index (κ2) is 6.63. The van der Waals surface area contributed by atoms with E-state index in [1.165, 1.54) is 6.07 Å². The molecule has 1 aliphatic rings. The van der Waals surface area contributed by atoms with Crippen LogP contribution in [0.15, 0.2) is 42.5 Å². The molecule has 132 valence electrons. The van der Waals surface area contributed by atoms with Crippen LogP contribution in [0.1, 0.15) is 33.3 Å². The van der Waals surface area contributed by atoms with E-state index in [-0.39, 0.29) is 17.4 Å². The Morgan fingerprint density at radius 3 is 2.28 bits per heavy atom. The predicted molar refractivity (Wildman–Crippen MR) is 97.9 cm³/mol. The number of hydrogen-bond acceptors (Lipinski definition) is 3. The summed E-state index contributed by atoms with van der Waals surface area (Å²) in [5, 5.41) is 0.244. The van der Waals surface area contributed by atoms with Crippen molar-refractivity contribution in [1.29, 1.82) is 0 Å². The smallest absolute Gasteiger partial charge is 0.484 e. The fourth-order valence-corrected chi connectivity index (χ4v) is 2.85. The van der Waals surface area contributed by atoms with Crippen molar-refractivity contribution in [1.82, 2.24) is 0 Å². The lowest BCUT2D eigenvalue weighted by molar-refractivity contribution is 0.00578. The van der Waals surface area contributed by atoms with E-state index in [1.807, 2.05) is 52.0 Å². The van der Waals surface area contributed by atoms with Gasteiger partial charge in [-0.1, -0.05) is 41.9 Å². The summed E-state index contributed by atoms with van der Waals surface area (Å²) in [5.41, 5.74) is 0.870. The monoisotopic (exact) mass is 362 g/mol. The molecule has 0 aliphatic carbocycles. The van der Waals surface area contributed by atoms with Crippen LogP contribution >= 0.6 is 11.6 Å². The molecule has 6 heteroatoms. The van der Waals surface area contributed by atoms with Crippen LogP contribution < -0.4 is 10.2 Å². The zero-order valence-corrected chi connectivity index (χ0v) is 15.6. The first kappa shape index (κ1) is 18.2. The number of ether oxygens (including phenoxy) is 1. The third-order valence-corrected chi connectivity index (χ3v) is 5.15. The van der Waals surface area contributed by atoms with Gasteiger partial charge in [-0.25, -0.2) is 4.39 Å². The molecule has 0 spiro atoms. The van der Waals surface area contributed by atoms with Crippen molar-refractivity contribution < 1.29 is 18.4 Å². The van der Waals surface area contributed by atoms with Crippen molar-refractivity contribution in [3.8, 4) is 5.75 Å². The fourth-order valence-electron chi connectivity index (χ4n) is 2.64. The fraction of sp³-hybridized carbons (Fsp3) is 0.368. The van der Waals surface area contributed by atoms with Crippen molar-refractivity contribution in [3.63, 3.8) is 0 Å². The first-order valence-electron chi connectivity index (χ1n) is 8.21. The summed E-state index contributed by atoms with van der Waals surface area (Å²) in [6.45, 7) is 8.19. The Bertz CT molecular complexity index is 743. The molecule has 1 heterocycles. The molecular weight excluding hydrogens is 341 g/mol. The molecule has 0 aromatic heterocycles. The number of halogens is 2. The van der Waals surface area contributed by atoms with Crippen LogP contribution in [0, 0.1) is 5.82 Å². The average molecular weight is 363 g/mol. The summed E-state index contributed by atoms with van der Waals surface area (Å²) in [4.78, 5) is 0. The molecule has 0 amide bonds. The second-order valence-electron chi connectivity index (χ2n) is 7.13. The minimum absolute atomic E-state index is 0.0490. The molecular formula is C19H21BClFO3. The van der Waals surface area contributed by atoms with Crippen LogP contribution in [0.25, 0.3) is 0 Å². The van der Waals surface area contributed by atoms with Gasteiger partial charge in [0.05, 0.1) is 16.2 Å². The third kappa shape index (κ3) is 3.54. The van der Waals surface area contributed by atoms with Crippen molar-refractivity contribution in [2.24, 2.45) is 0 Å². The third-order valence-electron chi connectivity index (χ3n) is 4.85. The van der Waals surface area contributed by atoms with Crippen molar-refractivity contribution >= 4 is 24.2 Å². The molecule has 3 rings (SSSR count). The van der Waals surface area contributed by atoms with E-state index in [4.69, 9.17) is 25.6 Å². The Balaban J connectivity index is 1.83. The van der Waals surface area contributed by atoms with Crippen LogP contribution in [0.4, 0.5) is 4.39 Å². The summed E-state index contributed by atoms with van der Waals surface area (Å²) < 4.78 is 31.8. The standard InChI is InChI=1S/C19H21BClFO3/c1-18(2)19(3,4)25-20(24-18)14-9-6-5-8-13(14)12-23-17-15(21)10-7-11-16(17)22/h5-11H,12H2,1-4H3. The highest BCUT2D eigenvalue weighted by atomic mass is 35.5. The highest BCUT2D eigenvalue weighted by Crippen LogP contribution is 2.36. The van der Waals surface area contributed by atoms with Crippen LogP contribution in [0.3, 0.4) is 0 Å². The highest BCUT2D eigenvalue weighted by molar-refractivity contribution is 6.62. The summed E-state index contributed by atoms with van der Waals surface area (Å²) >= 11 is 6.02. The second-order valence-corrected chi connectivity index (χ2v) is 7.53. The molecule has 0 N–H and O–H groups in total. The van der Waals surface area contributed by atoms with Crippen LogP contribution in [0.5, 0.6) is 5.75 Å². The van der Waals surface area contributed by atoms with Gasteiger partial charge in [0.2, 0.25) is 0 Å². The molecule has 1 fully saturated rings. The van der Waals surface area contributed by atoms with E-state index in [2.05, 4.69) is 0 Å². The van der Waals surface area contributed by atoms with Gasteiger partial charge in [-0.05, 0) is 50.9 Å². The molecule has 1 saturated heterocycles. The Morgan fingerprint density at radius 2 is 1.64 bits per heavy atom. The van der Waals surface area contributed by atoms with Crippen molar-refractivity contribution in [2.45, 2.75) is 45.5 Å². The lowest BCUT2D eigenvalue weighted by atomic mass is 9.76. The van der Waals surface area contributed by atoms with Crippen LogP contribution in [-0.4, -0.2) is 18.3 Å². The van der Waals surface area contributed by atoms with Crippen LogP contribution in [0.2, 0.25) is 5.02 Å². The number of benzene rings is 2. The summed E-state index contributed by atoms with van der Waals surface area (Å²) in [6.07, 6.45) is 0. The number of para-hydroxylation sites is 1. The van der Waals surface area contributed by atoms with Crippen molar-refractivity contribution in [3.05, 3.63) is 58.9 Å². The molecule has 0 radical (unpaired) electrons. The number of hydrogen-bond donors (Lipinski definition) is 0. The zero-order chi connectivity index (χ0) is 18.2. The maximum absolute atomic E-state index is 13.9. The van der Waals surface area contributed by atoms with Gasteiger partial charge in [0.1, 0.15) is 6.61 Å². The van der Waals surface area contributed by atoms with Gasteiger partial charge in [0, 0.05) is 0 Å². The molecule has 2 aromatic carbocycles. The van der Waals surface area contributed by atoms with Crippen molar-refractivity contribution in [2.75, 3.05) is 0 Å². The summed E-state index contributed by atoms with van der Waals surface area (Å²) in [5.74, 6) is -0.437. The Hall–Kier alpha value is -1.56. The Morgan fingerprint density at radius 1 is 1.00 bits per heavy atom. The van der Waals surface area contributed by atoms with E-state index in [0.29, 0.717) is 0 Å². The van der Waals surface area contributed by atoms with E-state index in [1.54, 1.807) is 12.1 Å². The number of rotatable bonds is 4. The highest BCUT2D eigenvalue weighted by Gasteiger charge is 2.52. The Labute approximate surface area is 153 Å². The predicted octanol–water partition coefficient (Wildman–Crippen LogP) is 4.36. The molecule has 0 bridgehead atoms. The Kier molecular flexibility index (Phi) is 4.84. The summed E-state index contributed by atoms with van der Waals surface area (Å²) in [6, 6.07) is 12.1. The maximum atomic E-state index is 13.9. The van der Waals surface area contributed by atoms with Gasteiger partial charge in [0.25, 0.3) is 0 Å². The molecule has 0 unspecified atom stereocenters. The van der Waals surface area contributed by atoms with Gasteiger partial charge in [-0.15, -0.1) is 0 Å². The van der Waals surface area contributed by atoms with Gasteiger partial charge >= 0.3 is 7.12 Å². The van der Waals surface area contributed by atoms with E-state index < -0.39 is 24.1 Å². The molecule has 0 saturated carbocycles. The first-order valence-corrected chi connectivity index (χ1v) is 8.59. The van der Waals surface area contributed by atoms with E-state index in [0.717, 1.165) is 11.0 Å². The van der Waals surface area contributed by atoms with E-state index >= 15 is 0 Å². The normalized spacial score (nSPS) is 18.4. The minimum atomic E-state index is -0.499. The molecule has 1 aliphatic heterocycles. The van der Waals surface area contributed by atoms with Gasteiger partial charge in [-0.2, -0.15) is 0 Å². The van der Waals surface area contributed by atoms with Gasteiger partial charge in [0.15, 0.2) is 11.6 Å². The van der Waals surface area contributed by atoms with Gasteiger partial charge in [-0.3, -0.25) is 0 Å². The zero-order valence-electron chi connectivity index (χ0n) is 14.8. The largest absolute Gasteiger partial charge is 0.495 e. The lowest BCUT2D eigenvalue weighted by Crippen LogP contribution is -2.41. The quantitative estimate of drug-likeness (QED) is 0.757. The SMILES string of the molecule is CC1(C)OB(c2ccccc2COc2c(F)cccc2Cl)OC1(C)C. The molecule has 3 nitrogen and oxygen atoms in total. The lowest BCUT2D eigenvalue weighted by Gasteiger charge is -2.32. The van der Waals surface area contributed by atoms with Crippen LogP contribution in [-0.2, 0) is 15.9 Å². The minimum Gasteiger partial charge on any atom is -0.484 e. The topological polar surface area (TPSA) is 27.7 Å². The molecule has 2 aromatic rings. The molecule has 0 atom stereocenters. The maximum Gasteiger partial charge on any atom is 0.495 e. The average Bonchev–Trinajstić information content (AvgIpc) is 2.75. The molecule has 25 heavy (non-hydrogen) atoms.